The van der Waals surface area contributed by atoms with E-state index < -0.39 is 15.9 Å². The first-order valence-corrected chi connectivity index (χ1v) is 10.4. The number of carbonyl (C=O) groups is 2. The zero-order chi connectivity index (χ0) is 20.6. The van der Waals surface area contributed by atoms with Gasteiger partial charge in [0.15, 0.2) is 0 Å². The highest BCUT2D eigenvalue weighted by atomic mass is 32.2. The van der Waals surface area contributed by atoms with Gasteiger partial charge in [0.2, 0.25) is 10.0 Å². The van der Waals surface area contributed by atoms with Crippen molar-refractivity contribution in [2.75, 3.05) is 22.3 Å². The molecule has 3 N–H and O–H groups in total. The summed E-state index contributed by atoms with van der Waals surface area (Å²) in [5.41, 5.74) is 1.24. The van der Waals surface area contributed by atoms with Crippen LogP contribution in [0.3, 0.4) is 0 Å². The van der Waals surface area contributed by atoms with E-state index in [-0.39, 0.29) is 17.2 Å². The van der Waals surface area contributed by atoms with E-state index in [1.165, 1.54) is 6.07 Å². The Morgan fingerprint density at radius 3 is 2.54 bits per heavy atom. The summed E-state index contributed by atoms with van der Waals surface area (Å²) in [5, 5.41) is 5.36. The van der Waals surface area contributed by atoms with Crippen molar-refractivity contribution in [3.05, 3.63) is 72.3 Å². The quantitative estimate of drug-likeness (QED) is 0.562. The fourth-order valence-corrected chi connectivity index (χ4v) is 3.59. The van der Waals surface area contributed by atoms with Crippen LogP contribution >= 0.6 is 0 Å². The third-order valence-electron chi connectivity index (χ3n) is 3.70. The van der Waals surface area contributed by atoms with Crippen molar-refractivity contribution in [3.8, 4) is 0 Å². The van der Waals surface area contributed by atoms with Crippen LogP contribution in [0.4, 0.5) is 11.4 Å². The van der Waals surface area contributed by atoms with E-state index >= 15 is 0 Å². The Labute approximate surface area is 164 Å². The minimum absolute atomic E-state index is 0.00335. The number of para-hydroxylation sites is 1. The molecule has 2 aromatic carbocycles. The summed E-state index contributed by atoms with van der Waals surface area (Å²) in [4.78, 5) is 24.8. The minimum atomic E-state index is -3.46. The minimum Gasteiger partial charge on any atom is -0.349 e. The van der Waals surface area contributed by atoms with Crippen molar-refractivity contribution >= 4 is 33.2 Å². The molecular formula is C20H23N3O4S. The van der Waals surface area contributed by atoms with Gasteiger partial charge in [-0.1, -0.05) is 31.2 Å². The van der Waals surface area contributed by atoms with Gasteiger partial charge in [-0.3, -0.25) is 14.3 Å². The second-order valence-electron chi connectivity index (χ2n) is 6.00. The highest BCUT2D eigenvalue weighted by molar-refractivity contribution is 7.92. The van der Waals surface area contributed by atoms with E-state index in [2.05, 4.69) is 21.9 Å². The molecule has 28 heavy (non-hydrogen) atoms. The number of amides is 2. The summed E-state index contributed by atoms with van der Waals surface area (Å²) < 4.78 is 26.3. The molecule has 0 saturated carbocycles. The molecule has 2 rings (SSSR count). The van der Waals surface area contributed by atoms with E-state index in [0.717, 1.165) is 0 Å². The van der Waals surface area contributed by atoms with Gasteiger partial charge in [0.1, 0.15) is 0 Å². The summed E-state index contributed by atoms with van der Waals surface area (Å²) in [7, 11) is -3.46. The van der Waals surface area contributed by atoms with Crippen LogP contribution < -0.4 is 15.4 Å². The lowest BCUT2D eigenvalue weighted by Gasteiger charge is -2.12. The first-order valence-electron chi connectivity index (χ1n) is 8.76. The van der Waals surface area contributed by atoms with Gasteiger partial charge in [-0.05, 0) is 36.8 Å². The lowest BCUT2D eigenvalue weighted by Crippen LogP contribution is -2.25. The van der Waals surface area contributed by atoms with E-state index in [9.17, 15) is 18.0 Å². The SMILES string of the molecule is C=CCNC(=O)c1ccccc1NC(=O)c1cccc(NS(=O)(=O)CCC)c1. The molecule has 0 fully saturated rings. The topological polar surface area (TPSA) is 104 Å². The number of hydrogen-bond donors (Lipinski definition) is 3. The van der Waals surface area contributed by atoms with Gasteiger partial charge >= 0.3 is 0 Å². The number of hydrogen-bond acceptors (Lipinski definition) is 4. The molecule has 0 aromatic heterocycles. The van der Waals surface area contributed by atoms with Crippen LogP contribution in [0.25, 0.3) is 0 Å². The van der Waals surface area contributed by atoms with Crippen molar-refractivity contribution in [1.82, 2.24) is 5.32 Å². The Morgan fingerprint density at radius 1 is 1.07 bits per heavy atom. The van der Waals surface area contributed by atoms with Crippen molar-refractivity contribution in [3.63, 3.8) is 0 Å². The molecule has 0 spiro atoms. The predicted molar refractivity (Wildman–Crippen MR) is 111 cm³/mol. The van der Waals surface area contributed by atoms with Gasteiger partial charge in [-0.25, -0.2) is 8.42 Å². The van der Waals surface area contributed by atoms with Crippen molar-refractivity contribution < 1.29 is 18.0 Å². The van der Waals surface area contributed by atoms with Crippen LogP contribution in [0, 0.1) is 0 Å². The molecular weight excluding hydrogens is 378 g/mol. The zero-order valence-electron chi connectivity index (χ0n) is 15.6. The Morgan fingerprint density at radius 2 is 1.82 bits per heavy atom. The molecule has 0 unspecified atom stereocenters. The number of rotatable bonds is 9. The number of benzene rings is 2. The second-order valence-corrected chi connectivity index (χ2v) is 7.84. The van der Waals surface area contributed by atoms with Gasteiger partial charge in [0.05, 0.1) is 17.0 Å². The molecule has 0 aliphatic heterocycles. The van der Waals surface area contributed by atoms with Crippen LogP contribution in [-0.4, -0.2) is 32.5 Å². The molecule has 0 saturated heterocycles. The Kier molecular flexibility index (Phi) is 7.34. The Hall–Kier alpha value is -3.13. The van der Waals surface area contributed by atoms with Gasteiger partial charge in [-0.15, -0.1) is 6.58 Å². The lowest BCUT2D eigenvalue weighted by atomic mass is 10.1. The predicted octanol–water partition coefficient (Wildman–Crippen LogP) is 3.01. The second kappa shape index (κ2) is 9.70. The standard InChI is InChI=1S/C20H23N3O4S/c1-3-12-21-20(25)17-10-5-6-11-18(17)22-19(24)15-8-7-9-16(14-15)23-28(26,27)13-4-2/h3,5-11,14,23H,1,4,12-13H2,2H3,(H,21,25)(H,22,24). The van der Waals surface area contributed by atoms with Crippen LogP contribution in [-0.2, 0) is 10.0 Å². The maximum atomic E-state index is 12.6. The average Bonchev–Trinajstić information content (AvgIpc) is 2.66. The van der Waals surface area contributed by atoms with Gasteiger partial charge in [-0.2, -0.15) is 0 Å². The maximum Gasteiger partial charge on any atom is 0.255 e. The van der Waals surface area contributed by atoms with Gasteiger partial charge in [0, 0.05) is 17.8 Å². The third-order valence-corrected chi connectivity index (χ3v) is 5.19. The highest BCUT2D eigenvalue weighted by Crippen LogP contribution is 2.18. The summed E-state index contributed by atoms with van der Waals surface area (Å²) in [6.45, 7) is 5.62. The van der Waals surface area contributed by atoms with Crippen LogP contribution in [0.5, 0.6) is 0 Å². The van der Waals surface area contributed by atoms with Crippen molar-refractivity contribution in [2.45, 2.75) is 13.3 Å². The van der Waals surface area contributed by atoms with E-state index in [1.54, 1.807) is 55.5 Å². The summed E-state index contributed by atoms with van der Waals surface area (Å²) in [6.07, 6.45) is 2.05. The summed E-state index contributed by atoms with van der Waals surface area (Å²) >= 11 is 0. The molecule has 0 atom stereocenters. The monoisotopic (exact) mass is 401 g/mol. The Bertz CT molecular complexity index is 971. The van der Waals surface area contributed by atoms with Crippen molar-refractivity contribution in [2.24, 2.45) is 0 Å². The van der Waals surface area contributed by atoms with E-state index in [1.807, 2.05) is 0 Å². The number of anilines is 2. The summed E-state index contributed by atoms with van der Waals surface area (Å²) in [5.74, 6) is -0.797. The summed E-state index contributed by atoms with van der Waals surface area (Å²) in [6, 6.07) is 12.8. The van der Waals surface area contributed by atoms with Crippen LogP contribution in [0.1, 0.15) is 34.1 Å². The smallest absolute Gasteiger partial charge is 0.255 e. The molecule has 0 aliphatic carbocycles. The average molecular weight is 401 g/mol. The largest absolute Gasteiger partial charge is 0.349 e. The molecule has 0 aliphatic rings. The fourth-order valence-electron chi connectivity index (χ4n) is 2.47. The molecule has 0 heterocycles. The molecule has 0 radical (unpaired) electrons. The molecule has 7 nitrogen and oxygen atoms in total. The number of sulfonamides is 1. The molecule has 2 amide bonds. The van der Waals surface area contributed by atoms with Crippen molar-refractivity contribution in [1.29, 1.82) is 0 Å². The fraction of sp³-hybridized carbons (Fsp3) is 0.200. The normalized spacial score (nSPS) is 10.8. The van der Waals surface area contributed by atoms with E-state index in [0.29, 0.717) is 29.9 Å². The zero-order valence-corrected chi connectivity index (χ0v) is 16.4. The molecule has 8 heteroatoms. The Balaban J connectivity index is 2.19. The lowest BCUT2D eigenvalue weighted by molar-refractivity contribution is 0.0959. The maximum absolute atomic E-state index is 12.6. The molecule has 2 aromatic rings. The highest BCUT2D eigenvalue weighted by Gasteiger charge is 2.15. The molecule has 0 bridgehead atoms. The number of carbonyl (C=O) groups excluding carboxylic acids is 2. The number of nitrogens with one attached hydrogen (secondary N) is 3. The van der Waals surface area contributed by atoms with Gasteiger partial charge < -0.3 is 10.6 Å². The third kappa shape index (κ3) is 5.95. The first-order chi connectivity index (χ1) is 13.4. The van der Waals surface area contributed by atoms with Crippen LogP contribution in [0.2, 0.25) is 0 Å². The van der Waals surface area contributed by atoms with Gasteiger partial charge in [0.25, 0.3) is 11.8 Å². The van der Waals surface area contributed by atoms with E-state index in [4.69, 9.17) is 0 Å². The van der Waals surface area contributed by atoms with Crippen LogP contribution in [0.15, 0.2) is 61.2 Å². The first kappa shape index (κ1) is 21.2. The molecule has 148 valence electrons.